The molecule has 2 rings (SSSR count). The minimum absolute atomic E-state index is 0.0190. The highest BCUT2D eigenvalue weighted by Gasteiger charge is 2.27. The van der Waals surface area contributed by atoms with Crippen molar-refractivity contribution in [1.29, 1.82) is 0 Å². The molecule has 1 amide bonds. The number of sulfone groups is 1. The smallest absolute Gasteiger partial charge is 0.251 e. The van der Waals surface area contributed by atoms with E-state index in [9.17, 15) is 13.2 Å². The van der Waals surface area contributed by atoms with Crippen LogP contribution in [0.4, 0.5) is 0 Å². The van der Waals surface area contributed by atoms with E-state index in [1.165, 1.54) is 6.26 Å². The molecule has 1 aliphatic rings. The molecule has 0 aliphatic heterocycles. The minimum Gasteiger partial charge on any atom is -0.393 e. The number of rotatable bonds is 5. The summed E-state index contributed by atoms with van der Waals surface area (Å²) in [5.41, 5.74) is 1.19. The molecule has 0 heterocycles. The van der Waals surface area contributed by atoms with Crippen LogP contribution >= 0.6 is 0 Å². The van der Waals surface area contributed by atoms with Crippen LogP contribution in [0.25, 0.3) is 0 Å². The second-order valence-corrected chi connectivity index (χ2v) is 7.61. The first-order chi connectivity index (χ1) is 9.33. The summed E-state index contributed by atoms with van der Waals surface area (Å²) in [6.07, 6.45) is 2.45. The van der Waals surface area contributed by atoms with Gasteiger partial charge in [0.05, 0.1) is 11.9 Å². The highest BCUT2D eigenvalue weighted by Crippen LogP contribution is 2.26. The average molecular weight is 297 g/mol. The molecule has 0 spiro atoms. The van der Waals surface area contributed by atoms with E-state index in [0.717, 1.165) is 12.8 Å². The number of aliphatic hydroxyl groups is 1. The molecule has 2 N–H and O–H groups in total. The van der Waals surface area contributed by atoms with Crippen molar-refractivity contribution in [2.75, 3.05) is 12.8 Å². The van der Waals surface area contributed by atoms with E-state index in [4.69, 9.17) is 5.11 Å². The van der Waals surface area contributed by atoms with Crippen molar-refractivity contribution >= 4 is 15.7 Å². The second kappa shape index (κ2) is 5.93. The summed E-state index contributed by atoms with van der Waals surface area (Å²) in [6, 6.07) is 6.57. The largest absolute Gasteiger partial charge is 0.393 e. The van der Waals surface area contributed by atoms with Gasteiger partial charge in [0.25, 0.3) is 5.91 Å². The van der Waals surface area contributed by atoms with Crippen LogP contribution in [0.2, 0.25) is 0 Å². The SMILES string of the molecule is CS(=O)(=O)Cc1ccc(C(=O)NCC2CC(O)C2)cc1. The van der Waals surface area contributed by atoms with Gasteiger partial charge in [-0.15, -0.1) is 0 Å². The third-order valence-electron chi connectivity index (χ3n) is 3.41. The van der Waals surface area contributed by atoms with Gasteiger partial charge in [-0.05, 0) is 36.5 Å². The van der Waals surface area contributed by atoms with Gasteiger partial charge in [-0.25, -0.2) is 8.42 Å². The third kappa shape index (κ3) is 4.31. The summed E-state index contributed by atoms with van der Waals surface area (Å²) in [6.45, 7) is 0.570. The lowest BCUT2D eigenvalue weighted by molar-refractivity contribution is 0.0420. The van der Waals surface area contributed by atoms with Crippen LogP contribution in [0.3, 0.4) is 0 Å². The van der Waals surface area contributed by atoms with Crippen LogP contribution in [0.1, 0.15) is 28.8 Å². The number of amides is 1. The van der Waals surface area contributed by atoms with Crippen molar-refractivity contribution in [3.8, 4) is 0 Å². The van der Waals surface area contributed by atoms with Crippen molar-refractivity contribution in [3.63, 3.8) is 0 Å². The summed E-state index contributed by atoms with van der Waals surface area (Å²) < 4.78 is 22.3. The maximum atomic E-state index is 11.9. The van der Waals surface area contributed by atoms with E-state index < -0.39 is 9.84 Å². The Hall–Kier alpha value is -1.40. The van der Waals surface area contributed by atoms with Crippen molar-refractivity contribution < 1.29 is 18.3 Å². The topological polar surface area (TPSA) is 83.5 Å². The monoisotopic (exact) mass is 297 g/mol. The molecule has 0 atom stereocenters. The van der Waals surface area contributed by atoms with Crippen LogP contribution in [0, 0.1) is 5.92 Å². The van der Waals surface area contributed by atoms with E-state index in [2.05, 4.69) is 5.32 Å². The summed E-state index contributed by atoms with van der Waals surface area (Å²) in [7, 11) is -3.06. The van der Waals surface area contributed by atoms with E-state index in [-0.39, 0.29) is 17.8 Å². The fraction of sp³-hybridized carbons (Fsp3) is 0.500. The van der Waals surface area contributed by atoms with Gasteiger partial charge in [0.15, 0.2) is 9.84 Å². The first-order valence-corrected chi connectivity index (χ1v) is 8.62. The highest BCUT2D eigenvalue weighted by molar-refractivity contribution is 7.89. The summed E-state index contributed by atoms with van der Waals surface area (Å²) in [5, 5.41) is 12.0. The van der Waals surface area contributed by atoms with E-state index in [0.29, 0.717) is 23.6 Å². The van der Waals surface area contributed by atoms with Crippen molar-refractivity contribution in [2.45, 2.75) is 24.7 Å². The third-order valence-corrected chi connectivity index (χ3v) is 4.26. The molecule has 0 radical (unpaired) electrons. The van der Waals surface area contributed by atoms with Crippen molar-refractivity contribution in [2.24, 2.45) is 5.92 Å². The molecule has 6 heteroatoms. The lowest BCUT2D eigenvalue weighted by atomic mass is 9.82. The van der Waals surface area contributed by atoms with Gasteiger partial charge >= 0.3 is 0 Å². The van der Waals surface area contributed by atoms with E-state index in [1.54, 1.807) is 24.3 Å². The predicted octanol–water partition coefficient (Wildman–Crippen LogP) is 0.732. The Morgan fingerprint density at radius 2 is 1.90 bits per heavy atom. The number of nitrogens with one attached hydrogen (secondary N) is 1. The zero-order valence-corrected chi connectivity index (χ0v) is 12.2. The average Bonchev–Trinajstić information content (AvgIpc) is 2.32. The number of hydrogen-bond donors (Lipinski definition) is 2. The van der Waals surface area contributed by atoms with Gasteiger partial charge in [-0.3, -0.25) is 4.79 Å². The van der Waals surface area contributed by atoms with Gasteiger partial charge < -0.3 is 10.4 Å². The normalized spacial score (nSPS) is 22.1. The lowest BCUT2D eigenvalue weighted by Gasteiger charge is -2.31. The van der Waals surface area contributed by atoms with Gasteiger partial charge in [-0.1, -0.05) is 12.1 Å². The molecule has 1 aliphatic carbocycles. The summed E-state index contributed by atoms with van der Waals surface area (Å²) >= 11 is 0. The van der Waals surface area contributed by atoms with E-state index in [1.807, 2.05) is 0 Å². The fourth-order valence-electron chi connectivity index (χ4n) is 2.26. The molecule has 0 saturated heterocycles. The maximum Gasteiger partial charge on any atom is 0.251 e. The predicted molar refractivity (Wildman–Crippen MR) is 76.1 cm³/mol. The molecule has 1 saturated carbocycles. The van der Waals surface area contributed by atoms with Crippen LogP contribution in [0.15, 0.2) is 24.3 Å². The molecular formula is C14H19NO4S. The van der Waals surface area contributed by atoms with Crippen molar-refractivity contribution in [3.05, 3.63) is 35.4 Å². The first kappa shape index (κ1) is 15.0. The molecule has 20 heavy (non-hydrogen) atoms. The Labute approximate surface area is 118 Å². The number of carbonyl (C=O) groups is 1. The molecule has 1 aromatic rings. The molecule has 0 unspecified atom stereocenters. The molecule has 1 fully saturated rings. The lowest BCUT2D eigenvalue weighted by Crippen LogP contribution is -2.38. The zero-order chi connectivity index (χ0) is 14.8. The summed E-state index contributed by atoms with van der Waals surface area (Å²) in [5.74, 6) is 0.172. The second-order valence-electron chi connectivity index (χ2n) is 5.47. The van der Waals surface area contributed by atoms with Gasteiger partial charge in [0.1, 0.15) is 0 Å². The van der Waals surface area contributed by atoms with Crippen LogP contribution in [-0.4, -0.2) is 38.3 Å². The Balaban J connectivity index is 1.87. The number of aliphatic hydroxyl groups excluding tert-OH is 1. The maximum absolute atomic E-state index is 11.9. The van der Waals surface area contributed by atoms with Gasteiger partial charge in [0, 0.05) is 18.4 Å². The van der Waals surface area contributed by atoms with Crippen LogP contribution in [-0.2, 0) is 15.6 Å². The standard InChI is InChI=1S/C14H19NO4S/c1-20(18,19)9-10-2-4-12(5-3-10)14(17)15-8-11-6-13(16)7-11/h2-5,11,13,16H,6-9H2,1H3,(H,15,17). The zero-order valence-electron chi connectivity index (χ0n) is 11.4. The Morgan fingerprint density at radius 3 is 2.40 bits per heavy atom. The number of benzene rings is 1. The molecule has 0 aromatic heterocycles. The first-order valence-electron chi connectivity index (χ1n) is 6.56. The minimum atomic E-state index is -3.06. The molecular weight excluding hydrogens is 278 g/mol. The number of hydrogen-bond acceptors (Lipinski definition) is 4. The summed E-state index contributed by atoms with van der Waals surface area (Å²) in [4.78, 5) is 11.9. The highest BCUT2D eigenvalue weighted by atomic mass is 32.2. The Kier molecular flexibility index (Phi) is 4.45. The quantitative estimate of drug-likeness (QED) is 0.839. The van der Waals surface area contributed by atoms with Crippen LogP contribution < -0.4 is 5.32 Å². The van der Waals surface area contributed by atoms with Crippen molar-refractivity contribution in [1.82, 2.24) is 5.32 Å². The molecule has 110 valence electrons. The Bertz CT molecular complexity index is 574. The molecule has 1 aromatic carbocycles. The van der Waals surface area contributed by atoms with Gasteiger partial charge in [-0.2, -0.15) is 0 Å². The fourth-order valence-corrected chi connectivity index (χ4v) is 3.06. The van der Waals surface area contributed by atoms with Crippen LogP contribution in [0.5, 0.6) is 0 Å². The van der Waals surface area contributed by atoms with E-state index >= 15 is 0 Å². The molecule has 5 nitrogen and oxygen atoms in total. The molecule has 0 bridgehead atoms. The number of carbonyl (C=O) groups excluding carboxylic acids is 1. The van der Waals surface area contributed by atoms with Gasteiger partial charge in [0.2, 0.25) is 0 Å². The Morgan fingerprint density at radius 1 is 1.30 bits per heavy atom.